The zero-order valence-corrected chi connectivity index (χ0v) is 17.5. The van der Waals surface area contributed by atoms with E-state index in [1.165, 1.54) is 6.42 Å². The Morgan fingerprint density at radius 3 is 2.85 bits per heavy atom. The molecule has 4 aliphatic heterocycles. The molecule has 27 heavy (non-hydrogen) atoms. The van der Waals surface area contributed by atoms with Gasteiger partial charge >= 0.3 is 0 Å². The summed E-state index contributed by atoms with van der Waals surface area (Å²) in [6.45, 7) is 7.70. The van der Waals surface area contributed by atoms with Gasteiger partial charge in [-0.3, -0.25) is 0 Å². The van der Waals surface area contributed by atoms with Crippen molar-refractivity contribution >= 4 is 11.8 Å². The standard InChI is InChI=1S/C21H32O5S/c1-5-11-22-12-6-13-27-18-15(3)17-8-7-14(2)16-9-10-20(4)24-19(23-18)21(16,17)26-25-20/h1,14-19H,6-13H2,2-4H3/t14-,15-,16+,17+,18+,19-,20+,21-/m1/s1. The van der Waals surface area contributed by atoms with Crippen molar-refractivity contribution < 1.29 is 24.0 Å². The van der Waals surface area contributed by atoms with Crippen molar-refractivity contribution in [2.24, 2.45) is 23.7 Å². The molecule has 1 saturated carbocycles. The van der Waals surface area contributed by atoms with Gasteiger partial charge in [0.05, 0.1) is 0 Å². The van der Waals surface area contributed by atoms with Crippen molar-refractivity contribution in [3.63, 3.8) is 0 Å². The van der Waals surface area contributed by atoms with Gasteiger partial charge in [-0.15, -0.1) is 18.2 Å². The molecule has 4 saturated heterocycles. The molecule has 1 spiro atoms. The van der Waals surface area contributed by atoms with Crippen LogP contribution in [0.3, 0.4) is 0 Å². The van der Waals surface area contributed by atoms with Gasteiger partial charge in [-0.2, -0.15) is 0 Å². The van der Waals surface area contributed by atoms with Gasteiger partial charge in [0.25, 0.3) is 0 Å². The Balaban J connectivity index is 1.48. The first-order chi connectivity index (χ1) is 13.0. The predicted molar refractivity (Wildman–Crippen MR) is 104 cm³/mol. The summed E-state index contributed by atoms with van der Waals surface area (Å²) in [5.74, 6) is 4.61. The fourth-order valence-electron chi connectivity index (χ4n) is 5.55. The highest BCUT2D eigenvalue weighted by Crippen LogP contribution is 2.61. The van der Waals surface area contributed by atoms with Gasteiger partial charge in [-0.1, -0.05) is 19.8 Å². The van der Waals surface area contributed by atoms with Gasteiger partial charge in [0.15, 0.2) is 11.9 Å². The molecular weight excluding hydrogens is 364 g/mol. The quantitative estimate of drug-likeness (QED) is 0.385. The van der Waals surface area contributed by atoms with E-state index in [1.807, 2.05) is 18.7 Å². The van der Waals surface area contributed by atoms with Gasteiger partial charge < -0.3 is 14.2 Å². The Labute approximate surface area is 167 Å². The lowest BCUT2D eigenvalue weighted by atomic mass is 9.58. The number of ether oxygens (including phenoxy) is 3. The summed E-state index contributed by atoms with van der Waals surface area (Å²) in [4.78, 5) is 12.0. The van der Waals surface area contributed by atoms with Crippen molar-refractivity contribution in [1.82, 2.24) is 0 Å². The molecule has 1 aliphatic carbocycles. The molecule has 0 unspecified atom stereocenters. The average molecular weight is 397 g/mol. The maximum atomic E-state index is 6.55. The van der Waals surface area contributed by atoms with Gasteiger partial charge in [0.1, 0.15) is 12.0 Å². The summed E-state index contributed by atoms with van der Waals surface area (Å²) >= 11 is 1.86. The van der Waals surface area contributed by atoms with Gasteiger partial charge in [0.2, 0.25) is 5.79 Å². The van der Waals surface area contributed by atoms with Crippen LogP contribution in [0, 0.1) is 36.0 Å². The minimum atomic E-state index is -0.698. The van der Waals surface area contributed by atoms with Crippen LogP contribution in [-0.2, 0) is 24.0 Å². The van der Waals surface area contributed by atoms with E-state index in [9.17, 15) is 0 Å². The minimum Gasteiger partial charge on any atom is -0.369 e. The molecule has 0 N–H and O–H groups in total. The lowest BCUT2D eigenvalue weighted by Crippen LogP contribution is -2.70. The summed E-state index contributed by atoms with van der Waals surface area (Å²) in [5, 5.41) is 0. The molecule has 0 aromatic rings. The molecule has 0 aromatic heterocycles. The monoisotopic (exact) mass is 396 g/mol. The Hall–Kier alpha value is -0.290. The molecule has 152 valence electrons. The highest BCUT2D eigenvalue weighted by atomic mass is 32.2. The fourth-order valence-corrected chi connectivity index (χ4v) is 6.74. The molecule has 5 nitrogen and oxygen atoms in total. The Morgan fingerprint density at radius 1 is 1.19 bits per heavy atom. The number of rotatable bonds is 6. The summed E-state index contributed by atoms with van der Waals surface area (Å²) < 4.78 is 18.3. The second-order valence-electron chi connectivity index (χ2n) is 8.75. The van der Waals surface area contributed by atoms with Crippen molar-refractivity contribution in [1.29, 1.82) is 0 Å². The Bertz CT molecular complexity index is 579. The second kappa shape index (κ2) is 7.85. The number of hydrogen-bond donors (Lipinski definition) is 0. The zero-order chi connectivity index (χ0) is 19.1. The van der Waals surface area contributed by atoms with Crippen LogP contribution in [0.4, 0.5) is 0 Å². The van der Waals surface area contributed by atoms with Crippen LogP contribution in [-0.4, -0.2) is 42.1 Å². The van der Waals surface area contributed by atoms with Crippen LogP contribution >= 0.6 is 11.8 Å². The van der Waals surface area contributed by atoms with Crippen LogP contribution in [0.25, 0.3) is 0 Å². The molecule has 6 heteroatoms. The minimum absolute atomic E-state index is 0.110. The summed E-state index contributed by atoms with van der Waals surface area (Å²) in [6, 6.07) is 0. The highest BCUT2D eigenvalue weighted by molar-refractivity contribution is 7.99. The summed E-state index contributed by atoms with van der Waals surface area (Å²) in [6.07, 6.45) is 10.2. The maximum Gasteiger partial charge on any atom is 0.201 e. The molecule has 8 atom stereocenters. The van der Waals surface area contributed by atoms with E-state index >= 15 is 0 Å². The maximum absolute atomic E-state index is 6.55. The molecule has 0 radical (unpaired) electrons. The normalized spacial score (nSPS) is 48.5. The number of fused-ring (bicyclic) bond motifs is 2. The van der Waals surface area contributed by atoms with E-state index in [-0.39, 0.29) is 11.7 Å². The average Bonchev–Trinajstić information content (AvgIpc) is 2.88. The summed E-state index contributed by atoms with van der Waals surface area (Å²) in [5.41, 5.74) is -0.348. The smallest absolute Gasteiger partial charge is 0.201 e. The largest absolute Gasteiger partial charge is 0.369 e. The first-order valence-electron chi connectivity index (χ1n) is 10.3. The van der Waals surface area contributed by atoms with E-state index in [2.05, 4.69) is 19.8 Å². The molecule has 5 fully saturated rings. The molecular formula is C21H32O5S. The van der Waals surface area contributed by atoms with Crippen LogP contribution in [0.5, 0.6) is 0 Å². The van der Waals surface area contributed by atoms with Gasteiger partial charge in [-0.25, -0.2) is 9.78 Å². The number of hydrogen-bond acceptors (Lipinski definition) is 6. The number of thioether (sulfide) groups is 1. The molecule has 2 bridgehead atoms. The summed E-state index contributed by atoms with van der Waals surface area (Å²) in [7, 11) is 0. The lowest BCUT2D eigenvalue weighted by molar-refractivity contribution is -0.568. The van der Waals surface area contributed by atoms with Crippen molar-refractivity contribution in [2.45, 2.75) is 76.0 Å². The highest BCUT2D eigenvalue weighted by Gasteiger charge is 2.69. The second-order valence-corrected chi connectivity index (χ2v) is 9.96. The first-order valence-corrected chi connectivity index (χ1v) is 11.4. The van der Waals surface area contributed by atoms with E-state index in [0.29, 0.717) is 36.9 Å². The van der Waals surface area contributed by atoms with Crippen molar-refractivity contribution in [3.05, 3.63) is 0 Å². The van der Waals surface area contributed by atoms with E-state index in [4.69, 9.17) is 30.4 Å². The van der Waals surface area contributed by atoms with E-state index in [1.54, 1.807) is 0 Å². The molecule has 0 amide bonds. The van der Waals surface area contributed by atoms with Crippen LogP contribution < -0.4 is 0 Å². The molecule has 4 heterocycles. The Morgan fingerprint density at radius 2 is 2.04 bits per heavy atom. The van der Waals surface area contributed by atoms with Gasteiger partial charge in [0, 0.05) is 18.9 Å². The predicted octanol–water partition coefficient (Wildman–Crippen LogP) is 3.97. The first kappa shape index (κ1) is 20.0. The van der Waals surface area contributed by atoms with Gasteiger partial charge in [-0.05, 0) is 56.1 Å². The third kappa shape index (κ3) is 3.45. The van der Waals surface area contributed by atoms with E-state index < -0.39 is 11.4 Å². The molecule has 0 aromatic carbocycles. The van der Waals surface area contributed by atoms with Crippen molar-refractivity contribution in [2.75, 3.05) is 19.0 Å². The fraction of sp³-hybridized carbons (Fsp3) is 0.905. The van der Waals surface area contributed by atoms with Crippen molar-refractivity contribution in [3.8, 4) is 12.3 Å². The third-order valence-corrected chi connectivity index (χ3v) is 8.39. The van der Waals surface area contributed by atoms with Crippen LogP contribution in [0.2, 0.25) is 0 Å². The van der Waals surface area contributed by atoms with Crippen LogP contribution in [0.1, 0.15) is 52.9 Å². The third-order valence-electron chi connectivity index (χ3n) is 7.00. The molecule has 5 rings (SSSR count). The lowest BCUT2D eigenvalue weighted by Gasteiger charge is -2.60. The zero-order valence-electron chi connectivity index (χ0n) is 16.6. The van der Waals surface area contributed by atoms with E-state index in [0.717, 1.165) is 31.4 Å². The topological polar surface area (TPSA) is 46.2 Å². The number of terminal acetylenes is 1. The Kier molecular flexibility index (Phi) is 5.82. The SMILES string of the molecule is C#CCOCCCS[C@@H]1O[C@@H]2O[C@]3(C)CC[C@H]4[C@H](C)CC[C@@H]([C@H]1C)[C@@]24OO3. The molecule has 5 aliphatic rings. The van der Waals surface area contributed by atoms with Crippen LogP contribution in [0.15, 0.2) is 0 Å².